The summed E-state index contributed by atoms with van der Waals surface area (Å²) in [4.78, 5) is 28.0. The van der Waals surface area contributed by atoms with Crippen molar-refractivity contribution in [3.05, 3.63) is 35.1 Å². The number of nitrogens with zero attached hydrogens (tertiary/aromatic N) is 2. The van der Waals surface area contributed by atoms with Crippen LogP contribution in [0.25, 0.3) is 0 Å². The average Bonchev–Trinajstić information content (AvgIpc) is 2.83. The first-order valence-corrected chi connectivity index (χ1v) is 7.93. The number of aliphatic hydroxyl groups is 1. The van der Waals surface area contributed by atoms with Crippen molar-refractivity contribution in [1.29, 1.82) is 0 Å². The van der Waals surface area contributed by atoms with Crippen LogP contribution in [0.5, 0.6) is 11.5 Å². The van der Waals surface area contributed by atoms with E-state index in [1.165, 1.54) is 26.0 Å². The van der Waals surface area contributed by atoms with Crippen molar-refractivity contribution in [2.24, 2.45) is 0 Å². The number of hydrogen-bond donors (Lipinski definition) is 1. The summed E-state index contributed by atoms with van der Waals surface area (Å²) in [6.07, 6.45) is 0. The number of rotatable bonds is 7. The summed E-state index contributed by atoms with van der Waals surface area (Å²) < 4.78 is 10.6. The van der Waals surface area contributed by atoms with Crippen molar-refractivity contribution in [2.45, 2.75) is 13.0 Å². The van der Waals surface area contributed by atoms with Crippen LogP contribution >= 0.6 is 0 Å². The third-order valence-electron chi connectivity index (χ3n) is 4.19. The van der Waals surface area contributed by atoms with E-state index in [9.17, 15) is 14.7 Å². The van der Waals surface area contributed by atoms with Gasteiger partial charge >= 0.3 is 0 Å². The zero-order valence-electron chi connectivity index (χ0n) is 15.2. The van der Waals surface area contributed by atoms with Crippen molar-refractivity contribution in [3.63, 3.8) is 0 Å². The molecule has 7 nitrogen and oxygen atoms in total. The molecule has 1 atom stereocenters. The van der Waals surface area contributed by atoms with Crippen LogP contribution < -0.4 is 9.47 Å². The third-order valence-corrected chi connectivity index (χ3v) is 4.19. The molecule has 0 saturated heterocycles. The van der Waals surface area contributed by atoms with E-state index in [0.29, 0.717) is 30.2 Å². The monoisotopic (exact) mass is 348 g/mol. The number of hydrogen-bond acceptors (Lipinski definition) is 6. The van der Waals surface area contributed by atoms with Crippen LogP contribution in [-0.4, -0.2) is 68.0 Å². The van der Waals surface area contributed by atoms with Gasteiger partial charge in [0.15, 0.2) is 23.0 Å². The number of methoxy groups -OCH3 is 2. The smallest absolute Gasteiger partial charge is 0.290 e. The molecule has 2 rings (SSSR count). The first kappa shape index (κ1) is 18.8. The topological polar surface area (TPSA) is 79.3 Å². The van der Waals surface area contributed by atoms with E-state index in [1.54, 1.807) is 18.2 Å². The Morgan fingerprint density at radius 1 is 1.24 bits per heavy atom. The van der Waals surface area contributed by atoms with Gasteiger partial charge in [0.25, 0.3) is 5.91 Å². The van der Waals surface area contributed by atoms with Crippen molar-refractivity contribution in [3.8, 4) is 11.5 Å². The normalized spacial score (nSPS) is 17.4. The molecule has 25 heavy (non-hydrogen) atoms. The van der Waals surface area contributed by atoms with E-state index in [0.717, 1.165) is 0 Å². The highest BCUT2D eigenvalue weighted by Gasteiger charge is 2.42. The molecule has 0 spiro atoms. The zero-order valence-corrected chi connectivity index (χ0v) is 15.2. The van der Waals surface area contributed by atoms with Gasteiger partial charge in [0.1, 0.15) is 0 Å². The second kappa shape index (κ2) is 7.57. The third kappa shape index (κ3) is 3.61. The molecule has 0 saturated carbocycles. The Hall–Kier alpha value is -2.54. The molecule has 1 aromatic carbocycles. The van der Waals surface area contributed by atoms with Crippen molar-refractivity contribution in [2.75, 3.05) is 41.4 Å². The van der Waals surface area contributed by atoms with Gasteiger partial charge in [-0.3, -0.25) is 9.59 Å². The SMILES string of the molecule is COc1ccc([C@H]2C(C(C)=O)=C(O)C(=O)N2CCN(C)C)cc1OC. The molecule has 1 aliphatic heterocycles. The van der Waals surface area contributed by atoms with Gasteiger partial charge in [-0.2, -0.15) is 0 Å². The van der Waals surface area contributed by atoms with E-state index in [4.69, 9.17) is 9.47 Å². The minimum atomic E-state index is -0.648. The molecule has 0 radical (unpaired) electrons. The maximum Gasteiger partial charge on any atom is 0.290 e. The molecule has 0 aliphatic carbocycles. The van der Waals surface area contributed by atoms with Gasteiger partial charge < -0.3 is 24.4 Å². The Morgan fingerprint density at radius 3 is 2.40 bits per heavy atom. The molecule has 0 fully saturated rings. The molecule has 0 bridgehead atoms. The molecule has 1 heterocycles. The number of carbonyl (C=O) groups is 2. The molecule has 1 aromatic rings. The van der Waals surface area contributed by atoms with Gasteiger partial charge in [0, 0.05) is 13.1 Å². The lowest BCUT2D eigenvalue weighted by Crippen LogP contribution is -2.36. The number of likely N-dealkylation sites (N-methyl/N-ethyl adjacent to an activating group) is 1. The second-order valence-corrected chi connectivity index (χ2v) is 6.14. The van der Waals surface area contributed by atoms with Crippen LogP contribution in [0.3, 0.4) is 0 Å². The minimum absolute atomic E-state index is 0.107. The summed E-state index contributed by atoms with van der Waals surface area (Å²) in [5, 5.41) is 10.2. The maximum absolute atomic E-state index is 12.5. The van der Waals surface area contributed by atoms with Gasteiger partial charge in [-0.1, -0.05) is 6.07 Å². The molecule has 0 aromatic heterocycles. The fourth-order valence-corrected chi connectivity index (χ4v) is 2.92. The van der Waals surface area contributed by atoms with Crippen LogP contribution in [0.1, 0.15) is 18.5 Å². The number of ketones is 1. The highest BCUT2D eigenvalue weighted by molar-refractivity contribution is 6.08. The lowest BCUT2D eigenvalue weighted by Gasteiger charge is -2.28. The molecular formula is C18H24N2O5. The van der Waals surface area contributed by atoms with E-state index in [1.807, 2.05) is 19.0 Å². The Balaban J connectivity index is 2.51. The number of benzene rings is 1. The quantitative estimate of drug-likeness (QED) is 0.805. The summed E-state index contributed by atoms with van der Waals surface area (Å²) in [5.74, 6) is -0.307. The lowest BCUT2D eigenvalue weighted by atomic mass is 9.96. The Labute approximate surface area is 147 Å². The Morgan fingerprint density at radius 2 is 1.88 bits per heavy atom. The van der Waals surface area contributed by atoms with Gasteiger partial charge in [-0.25, -0.2) is 0 Å². The molecular weight excluding hydrogens is 324 g/mol. The predicted molar refractivity (Wildman–Crippen MR) is 92.9 cm³/mol. The summed E-state index contributed by atoms with van der Waals surface area (Å²) in [6, 6.07) is 4.56. The van der Waals surface area contributed by atoms with Gasteiger partial charge in [0.05, 0.1) is 25.8 Å². The lowest BCUT2D eigenvalue weighted by molar-refractivity contribution is -0.129. The van der Waals surface area contributed by atoms with E-state index in [2.05, 4.69) is 0 Å². The van der Waals surface area contributed by atoms with Crippen molar-refractivity contribution < 1.29 is 24.2 Å². The minimum Gasteiger partial charge on any atom is -0.503 e. The molecule has 1 amide bonds. The molecule has 1 aliphatic rings. The van der Waals surface area contributed by atoms with Gasteiger partial charge in [0.2, 0.25) is 0 Å². The predicted octanol–water partition coefficient (Wildman–Crippen LogP) is 1.55. The summed E-state index contributed by atoms with van der Waals surface area (Å²) in [7, 11) is 6.84. The highest BCUT2D eigenvalue weighted by atomic mass is 16.5. The summed E-state index contributed by atoms with van der Waals surface area (Å²) in [5.41, 5.74) is 0.787. The number of ether oxygens (including phenoxy) is 2. The Bertz CT molecular complexity index is 711. The zero-order chi connectivity index (χ0) is 18.7. The van der Waals surface area contributed by atoms with Crippen LogP contribution in [0, 0.1) is 0 Å². The molecule has 136 valence electrons. The van der Waals surface area contributed by atoms with Gasteiger partial charge in [-0.15, -0.1) is 0 Å². The largest absolute Gasteiger partial charge is 0.503 e. The number of amides is 1. The number of carbonyl (C=O) groups excluding carboxylic acids is 2. The van der Waals surface area contributed by atoms with Crippen molar-refractivity contribution in [1.82, 2.24) is 9.80 Å². The fourth-order valence-electron chi connectivity index (χ4n) is 2.92. The number of Topliss-reactive ketones (excluding diaryl/α,β-unsaturated/α-hetero) is 1. The average molecular weight is 348 g/mol. The number of aliphatic hydroxyl groups excluding tert-OH is 1. The second-order valence-electron chi connectivity index (χ2n) is 6.14. The van der Waals surface area contributed by atoms with E-state index in [-0.39, 0.29) is 11.4 Å². The standard InChI is InChI=1S/C18H24N2O5/c1-11(21)15-16(12-6-7-13(24-4)14(10-12)25-5)20(9-8-19(2)3)18(23)17(15)22/h6-7,10,16,22H,8-9H2,1-5H3/t16-/m0/s1. The Kier molecular flexibility index (Phi) is 5.69. The molecule has 1 N–H and O–H groups in total. The van der Waals surface area contributed by atoms with Crippen molar-refractivity contribution >= 4 is 11.7 Å². The van der Waals surface area contributed by atoms with Crippen LogP contribution in [0.15, 0.2) is 29.5 Å². The van der Waals surface area contributed by atoms with E-state index < -0.39 is 17.7 Å². The maximum atomic E-state index is 12.5. The first-order valence-electron chi connectivity index (χ1n) is 7.93. The van der Waals surface area contributed by atoms with Crippen LogP contribution in [0.4, 0.5) is 0 Å². The van der Waals surface area contributed by atoms with Gasteiger partial charge in [-0.05, 0) is 38.7 Å². The highest BCUT2D eigenvalue weighted by Crippen LogP contribution is 2.40. The summed E-state index contributed by atoms with van der Waals surface area (Å²) >= 11 is 0. The molecule has 7 heteroatoms. The van der Waals surface area contributed by atoms with Crippen LogP contribution in [0.2, 0.25) is 0 Å². The van der Waals surface area contributed by atoms with Crippen LogP contribution in [-0.2, 0) is 9.59 Å². The fraction of sp³-hybridized carbons (Fsp3) is 0.444. The summed E-state index contributed by atoms with van der Waals surface area (Å²) in [6.45, 7) is 2.34. The molecule has 0 unspecified atom stereocenters. The van der Waals surface area contributed by atoms with E-state index >= 15 is 0 Å². The first-order chi connectivity index (χ1) is 11.8.